The molecule has 1 aromatic heterocycles. The highest BCUT2D eigenvalue weighted by Crippen LogP contribution is 2.13. The monoisotopic (exact) mass is 182 g/mol. The molecule has 74 valence electrons. The Hall–Kier alpha value is -0.900. The summed E-state index contributed by atoms with van der Waals surface area (Å²) in [7, 11) is 0. The van der Waals surface area contributed by atoms with E-state index in [1.54, 1.807) is 0 Å². The molecule has 0 aliphatic heterocycles. The van der Waals surface area contributed by atoms with Gasteiger partial charge in [0.2, 0.25) is 0 Å². The summed E-state index contributed by atoms with van der Waals surface area (Å²) in [6.07, 6.45) is 1.09. The predicted molar refractivity (Wildman–Crippen MR) is 52.3 cm³/mol. The summed E-state index contributed by atoms with van der Waals surface area (Å²) >= 11 is 0. The van der Waals surface area contributed by atoms with Crippen LogP contribution in [-0.4, -0.2) is 14.8 Å². The Morgan fingerprint density at radius 2 is 2.08 bits per heavy atom. The van der Waals surface area contributed by atoms with Crippen molar-refractivity contribution in [2.45, 2.75) is 46.2 Å². The molecule has 0 aliphatic rings. The molecule has 0 saturated carbocycles. The minimum atomic E-state index is 0.416. The summed E-state index contributed by atoms with van der Waals surface area (Å²) in [5, 5.41) is 8.20. The van der Waals surface area contributed by atoms with Crippen LogP contribution in [0.4, 0.5) is 0 Å². The van der Waals surface area contributed by atoms with E-state index in [0.717, 1.165) is 24.6 Å². The van der Waals surface area contributed by atoms with Crippen molar-refractivity contribution < 1.29 is 0 Å². The topological polar surface area (TPSA) is 56.7 Å². The molecule has 4 heteroatoms. The second-order valence-electron chi connectivity index (χ2n) is 3.48. The van der Waals surface area contributed by atoms with Crippen LogP contribution in [0.3, 0.4) is 0 Å². The first-order valence-corrected chi connectivity index (χ1v) is 4.82. The van der Waals surface area contributed by atoms with E-state index in [1.807, 2.05) is 0 Å². The molecule has 2 N–H and O–H groups in total. The Labute approximate surface area is 79.2 Å². The van der Waals surface area contributed by atoms with Gasteiger partial charge in [0.25, 0.3) is 0 Å². The summed E-state index contributed by atoms with van der Waals surface area (Å²) in [6.45, 7) is 7.82. The van der Waals surface area contributed by atoms with Crippen molar-refractivity contribution in [2.24, 2.45) is 5.73 Å². The van der Waals surface area contributed by atoms with E-state index in [0.29, 0.717) is 12.5 Å². The predicted octanol–water partition coefficient (Wildman–Crippen LogP) is 1.27. The van der Waals surface area contributed by atoms with Crippen molar-refractivity contribution in [1.29, 1.82) is 0 Å². The van der Waals surface area contributed by atoms with Gasteiger partial charge in [-0.05, 0) is 6.42 Å². The van der Waals surface area contributed by atoms with Crippen LogP contribution in [0.5, 0.6) is 0 Å². The third-order valence-electron chi connectivity index (χ3n) is 2.00. The van der Waals surface area contributed by atoms with E-state index in [2.05, 4.69) is 35.5 Å². The van der Waals surface area contributed by atoms with Crippen molar-refractivity contribution in [1.82, 2.24) is 14.8 Å². The fourth-order valence-electron chi connectivity index (χ4n) is 1.39. The van der Waals surface area contributed by atoms with Crippen LogP contribution < -0.4 is 5.73 Å². The molecule has 0 saturated heterocycles. The van der Waals surface area contributed by atoms with Gasteiger partial charge in [0.05, 0.1) is 6.54 Å². The SMILES string of the molecule is CCCn1c(CN)nnc1C(C)C. The molecule has 0 atom stereocenters. The molecule has 4 nitrogen and oxygen atoms in total. The highest BCUT2D eigenvalue weighted by molar-refractivity contribution is 4.99. The fraction of sp³-hybridized carbons (Fsp3) is 0.778. The third kappa shape index (κ3) is 2.06. The van der Waals surface area contributed by atoms with Crippen LogP contribution in [0.15, 0.2) is 0 Å². The minimum absolute atomic E-state index is 0.416. The fourth-order valence-corrected chi connectivity index (χ4v) is 1.39. The third-order valence-corrected chi connectivity index (χ3v) is 2.00. The van der Waals surface area contributed by atoms with E-state index in [1.165, 1.54) is 0 Å². The lowest BCUT2D eigenvalue weighted by atomic mass is 10.2. The molecule has 1 heterocycles. The van der Waals surface area contributed by atoms with E-state index in [-0.39, 0.29) is 0 Å². The molecular formula is C9H18N4. The normalized spacial score (nSPS) is 11.2. The molecule has 0 spiro atoms. The van der Waals surface area contributed by atoms with Gasteiger partial charge in [-0.1, -0.05) is 20.8 Å². The maximum Gasteiger partial charge on any atom is 0.146 e. The molecular weight excluding hydrogens is 164 g/mol. The molecule has 1 aromatic rings. The standard InChI is InChI=1S/C9H18N4/c1-4-5-13-8(6-10)11-12-9(13)7(2)3/h7H,4-6,10H2,1-3H3. The van der Waals surface area contributed by atoms with Gasteiger partial charge in [-0.3, -0.25) is 0 Å². The van der Waals surface area contributed by atoms with Gasteiger partial charge >= 0.3 is 0 Å². The van der Waals surface area contributed by atoms with Gasteiger partial charge in [-0.25, -0.2) is 0 Å². The van der Waals surface area contributed by atoms with Crippen molar-refractivity contribution in [2.75, 3.05) is 0 Å². The summed E-state index contributed by atoms with van der Waals surface area (Å²) < 4.78 is 2.13. The van der Waals surface area contributed by atoms with Crippen molar-refractivity contribution >= 4 is 0 Å². The lowest BCUT2D eigenvalue weighted by Crippen LogP contribution is -2.11. The minimum Gasteiger partial charge on any atom is -0.324 e. The van der Waals surface area contributed by atoms with Crippen LogP contribution >= 0.6 is 0 Å². The molecule has 0 unspecified atom stereocenters. The first kappa shape index (κ1) is 10.2. The van der Waals surface area contributed by atoms with Gasteiger partial charge in [-0.2, -0.15) is 0 Å². The number of rotatable bonds is 4. The smallest absolute Gasteiger partial charge is 0.146 e. The summed E-state index contributed by atoms with van der Waals surface area (Å²) in [6, 6.07) is 0. The average Bonchev–Trinajstić information content (AvgIpc) is 2.48. The van der Waals surface area contributed by atoms with Gasteiger partial charge < -0.3 is 10.3 Å². The van der Waals surface area contributed by atoms with Crippen LogP contribution in [-0.2, 0) is 13.1 Å². The quantitative estimate of drug-likeness (QED) is 0.763. The summed E-state index contributed by atoms with van der Waals surface area (Å²) in [4.78, 5) is 0. The van der Waals surface area contributed by atoms with Gasteiger partial charge in [-0.15, -0.1) is 10.2 Å². The second kappa shape index (κ2) is 4.37. The number of hydrogen-bond donors (Lipinski definition) is 1. The zero-order valence-electron chi connectivity index (χ0n) is 8.62. The molecule has 0 aliphatic carbocycles. The van der Waals surface area contributed by atoms with E-state index < -0.39 is 0 Å². The van der Waals surface area contributed by atoms with E-state index >= 15 is 0 Å². The number of nitrogens with zero attached hydrogens (tertiary/aromatic N) is 3. The van der Waals surface area contributed by atoms with Crippen molar-refractivity contribution in [3.63, 3.8) is 0 Å². The Morgan fingerprint density at radius 1 is 1.38 bits per heavy atom. The number of nitrogens with two attached hydrogens (primary N) is 1. The molecule has 13 heavy (non-hydrogen) atoms. The molecule has 0 amide bonds. The molecule has 0 fully saturated rings. The summed E-state index contributed by atoms with van der Waals surface area (Å²) in [5.74, 6) is 2.35. The maximum absolute atomic E-state index is 5.57. The van der Waals surface area contributed by atoms with Crippen molar-refractivity contribution in [3.05, 3.63) is 11.6 Å². The Morgan fingerprint density at radius 3 is 2.54 bits per heavy atom. The molecule has 0 aromatic carbocycles. The first-order chi connectivity index (χ1) is 6.20. The van der Waals surface area contributed by atoms with Crippen molar-refractivity contribution in [3.8, 4) is 0 Å². The van der Waals surface area contributed by atoms with Crippen LogP contribution in [0.1, 0.15) is 44.8 Å². The Bertz CT molecular complexity index is 265. The number of aromatic nitrogens is 3. The van der Waals surface area contributed by atoms with Gasteiger partial charge in [0.15, 0.2) is 0 Å². The second-order valence-corrected chi connectivity index (χ2v) is 3.48. The summed E-state index contributed by atoms with van der Waals surface area (Å²) in [5.41, 5.74) is 5.57. The lowest BCUT2D eigenvalue weighted by Gasteiger charge is -2.09. The van der Waals surface area contributed by atoms with Gasteiger partial charge in [0.1, 0.15) is 11.6 Å². The Balaban J connectivity index is 2.99. The lowest BCUT2D eigenvalue weighted by molar-refractivity contribution is 0.587. The Kier molecular flexibility index (Phi) is 3.42. The zero-order chi connectivity index (χ0) is 9.84. The van der Waals surface area contributed by atoms with Gasteiger partial charge in [0, 0.05) is 12.5 Å². The molecule has 0 bridgehead atoms. The molecule has 1 rings (SSSR count). The van der Waals surface area contributed by atoms with Crippen LogP contribution in [0.2, 0.25) is 0 Å². The maximum atomic E-state index is 5.57. The highest BCUT2D eigenvalue weighted by atomic mass is 15.3. The molecule has 0 radical (unpaired) electrons. The first-order valence-electron chi connectivity index (χ1n) is 4.82. The largest absolute Gasteiger partial charge is 0.324 e. The number of hydrogen-bond acceptors (Lipinski definition) is 3. The van der Waals surface area contributed by atoms with E-state index in [4.69, 9.17) is 5.73 Å². The highest BCUT2D eigenvalue weighted by Gasteiger charge is 2.12. The average molecular weight is 182 g/mol. The van der Waals surface area contributed by atoms with Crippen LogP contribution in [0, 0.1) is 0 Å². The van der Waals surface area contributed by atoms with Crippen LogP contribution in [0.25, 0.3) is 0 Å². The zero-order valence-corrected chi connectivity index (χ0v) is 8.62. The van der Waals surface area contributed by atoms with E-state index in [9.17, 15) is 0 Å².